The van der Waals surface area contributed by atoms with Crippen LogP contribution < -0.4 is 5.32 Å². The molecule has 0 unspecified atom stereocenters. The lowest BCUT2D eigenvalue weighted by atomic mass is 10.0. The normalized spacial score (nSPS) is 19.2. The van der Waals surface area contributed by atoms with E-state index in [2.05, 4.69) is 53.8 Å². The number of β-amino-alcohol motifs (C(OH)–C–C–N with tert-alkyl or cyclic N) is 1. The number of phenols is 1. The SMILES string of the molecule is O=C(N=C=C=CN1CC[C@@H](O)C1)[C@@H](Cc1cc(Br)c(O)c(Br)c1)OC(=O)N1CCC(N2CCc3ccccc3NC2=O)CC1. The van der Waals surface area contributed by atoms with Gasteiger partial charge in [-0.1, -0.05) is 18.2 Å². The second-order valence-electron chi connectivity index (χ2n) is 11.0. The molecule has 0 bridgehead atoms. The molecule has 2 aromatic rings. The number of rotatable bonds is 6. The molecular weight excluding hydrogens is 698 g/mol. The number of fused-ring (bicyclic) bond motifs is 1. The number of aliphatic hydroxyl groups is 1. The predicted molar refractivity (Wildman–Crippen MR) is 171 cm³/mol. The molecule has 44 heavy (non-hydrogen) atoms. The number of likely N-dealkylation sites (tertiary alicyclic amines) is 2. The van der Waals surface area contributed by atoms with E-state index < -0.39 is 24.2 Å². The molecule has 11 nitrogen and oxygen atoms in total. The van der Waals surface area contributed by atoms with Gasteiger partial charge in [0, 0.05) is 56.7 Å². The number of hydrogen-bond donors (Lipinski definition) is 3. The first kappa shape index (κ1) is 31.8. The number of aromatic hydroxyl groups is 1. The van der Waals surface area contributed by atoms with E-state index in [9.17, 15) is 24.6 Å². The molecule has 2 fully saturated rings. The van der Waals surface area contributed by atoms with Gasteiger partial charge in [-0.3, -0.25) is 4.79 Å². The number of hydrogen-bond acceptors (Lipinski definition) is 7. The minimum atomic E-state index is -1.25. The second-order valence-corrected chi connectivity index (χ2v) is 12.7. The van der Waals surface area contributed by atoms with Crippen molar-refractivity contribution >= 4 is 61.4 Å². The highest BCUT2D eigenvalue weighted by molar-refractivity contribution is 9.11. The smallest absolute Gasteiger partial charge is 0.410 e. The van der Waals surface area contributed by atoms with Crippen LogP contribution in [0.3, 0.4) is 0 Å². The van der Waals surface area contributed by atoms with Crippen LogP contribution in [0, 0.1) is 0 Å². The Kier molecular flexibility index (Phi) is 10.5. The van der Waals surface area contributed by atoms with E-state index in [0.29, 0.717) is 66.5 Å². The number of nitrogens with one attached hydrogen (secondary N) is 1. The Bertz CT molecular complexity index is 1490. The third kappa shape index (κ3) is 7.91. The molecule has 13 heteroatoms. The van der Waals surface area contributed by atoms with Crippen molar-refractivity contribution in [3.8, 4) is 5.75 Å². The average molecular weight is 731 g/mol. The first-order valence-corrected chi connectivity index (χ1v) is 16.0. The zero-order chi connectivity index (χ0) is 31.2. The number of aliphatic hydroxyl groups excluding tert-OH is 1. The molecule has 3 heterocycles. The summed E-state index contributed by atoms with van der Waals surface area (Å²) in [5.41, 5.74) is 5.25. The molecule has 2 atom stereocenters. The zero-order valence-corrected chi connectivity index (χ0v) is 27.1. The molecule has 0 spiro atoms. The average Bonchev–Trinajstić information content (AvgIpc) is 3.35. The number of para-hydroxylation sites is 1. The van der Waals surface area contributed by atoms with Crippen LogP contribution in [-0.2, 0) is 22.4 Å². The summed E-state index contributed by atoms with van der Waals surface area (Å²) < 4.78 is 6.55. The maximum Gasteiger partial charge on any atom is 0.410 e. The lowest BCUT2D eigenvalue weighted by Crippen LogP contribution is -2.50. The van der Waals surface area contributed by atoms with Gasteiger partial charge in [0.05, 0.1) is 21.2 Å². The summed E-state index contributed by atoms with van der Waals surface area (Å²) in [4.78, 5) is 48.4. The molecule has 3 aliphatic rings. The van der Waals surface area contributed by atoms with Crippen LogP contribution in [0.2, 0.25) is 0 Å². The quantitative estimate of drug-likeness (QED) is 0.295. The van der Waals surface area contributed by atoms with E-state index in [0.717, 1.165) is 17.7 Å². The van der Waals surface area contributed by atoms with Gasteiger partial charge in [-0.05, 0) is 92.6 Å². The van der Waals surface area contributed by atoms with Gasteiger partial charge in [0.15, 0.2) is 6.10 Å². The number of urea groups is 1. The van der Waals surface area contributed by atoms with Crippen molar-refractivity contribution < 1.29 is 29.3 Å². The number of halogens is 2. The van der Waals surface area contributed by atoms with Gasteiger partial charge in [0.2, 0.25) is 0 Å². The Hall–Kier alpha value is -3.60. The molecule has 3 aliphatic heterocycles. The topological polar surface area (TPSA) is 135 Å². The lowest BCUT2D eigenvalue weighted by Gasteiger charge is -2.37. The van der Waals surface area contributed by atoms with Crippen molar-refractivity contribution in [2.45, 2.75) is 50.4 Å². The van der Waals surface area contributed by atoms with E-state index in [4.69, 9.17) is 4.74 Å². The van der Waals surface area contributed by atoms with Crippen molar-refractivity contribution in [2.75, 3.05) is 38.0 Å². The molecule has 0 aliphatic carbocycles. The highest BCUT2D eigenvalue weighted by Gasteiger charge is 2.33. The third-order valence-electron chi connectivity index (χ3n) is 7.99. The third-order valence-corrected chi connectivity index (χ3v) is 9.20. The number of carbonyl (C=O) groups excluding carboxylic acids is 3. The Morgan fingerprint density at radius 1 is 1.11 bits per heavy atom. The van der Waals surface area contributed by atoms with Crippen LogP contribution in [0.25, 0.3) is 0 Å². The van der Waals surface area contributed by atoms with Crippen molar-refractivity contribution in [3.05, 3.63) is 68.4 Å². The summed E-state index contributed by atoms with van der Waals surface area (Å²) in [6.07, 6.45) is 1.85. The number of aliphatic imine (C=N–C) groups is 1. The monoisotopic (exact) mass is 729 g/mol. The maximum absolute atomic E-state index is 13.3. The number of phenolic OH excluding ortho intramolecular Hbond substituents is 1. The number of benzene rings is 2. The lowest BCUT2D eigenvalue weighted by molar-refractivity contribution is -0.126. The summed E-state index contributed by atoms with van der Waals surface area (Å²) in [5, 5.41) is 22.8. The summed E-state index contributed by atoms with van der Waals surface area (Å²) in [5.74, 6) is 1.78. The molecule has 2 aromatic carbocycles. The molecular formula is C31H33Br2N5O6. The van der Waals surface area contributed by atoms with Crippen LogP contribution >= 0.6 is 31.9 Å². The van der Waals surface area contributed by atoms with Gasteiger partial charge in [0.1, 0.15) is 5.75 Å². The highest BCUT2D eigenvalue weighted by Crippen LogP contribution is 2.34. The molecule has 5 rings (SSSR count). The minimum Gasteiger partial charge on any atom is -0.506 e. The predicted octanol–water partition coefficient (Wildman–Crippen LogP) is 4.45. The van der Waals surface area contributed by atoms with Gasteiger partial charge >= 0.3 is 12.1 Å². The van der Waals surface area contributed by atoms with E-state index in [1.165, 1.54) is 0 Å². The maximum atomic E-state index is 13.3. The Balaban J connectivity index is 1.23. The highest BCUT2D eigenvalue weighted by atomic mass is 79.9. The largest absolute Gasteiger partial charge is 0.506 e. The summed E-state index contributed by atoms with van der Waals surface area (Å²) in [7, 11) is 0. The zero-order valence-electron chi connectivity index (χ0n) is 23.9. The summed E-state index contributed by atoms with van der Waals surface area (Å²) in [6, 6.07) is 10.9. The molecule has 3 N–H and O–H groups in total. The summed E-state index contributed by atoms with van der Waals surface area (Å²) >= 11 is 6.59. The minimum absolute atomic E-state index is 0.0107. The molecule has 0 radical (unpaired) electrons. The fourth-order valence-electron chi connectivity index (χ4n) is 5.59. The number of ether oxygens (including phenoxy) is 1. The van der Waals surface area contributed by atoms with Crippen molar-refractivity contribution in [1.82, 2.24) is 14.7 Å². The Morgan fingerprint density at radius 2 is 1.84 bits per heavy atom. The Morgan fingerprint density at radius 3 is 2.55 bits per heavy atom. The summed E-state index contributed by atoms with van der Waals surface area (Å²) in [6.45, 7) is 2.46. The van der Waals surface area contributed by atoms with Crippen LogP contribution in [0.15, 0.2) is 62.3 Å². The van der Waals surface area contributed by atoms with Crippen molar-refractivity contribution in [1.29, 1.82) is 0 Å². The molecule has 2 saturated heterocycles. The van der Waals surface area contributed by atoms with Gasteiger partial charge in [-0.25, -0.2) is 9.59 Å². The van der Waals surface area contributed by atoms with E-state index in [1.807, 2.05) is 34.1 Å². The molecule has 4 amide bonds. The number of anilines is 1. The fourth-order valence-corrected chi connectivity index (χ4v) is 6.87. The number of carbonyl (C=O) groups is 3. The van der Waals surface area contributed by atoms with E-state index in [-0.39, 0.29) is 24.2 Å². The molecule has 0 saturated carbocycles. The standard InChI is InChI=1S/C31H33Br2N5O6/c32-24-16-20(17-25(33)28(24)40)18-27(29(41)34-10-3-11-36-12-9-23(39)19-36)44-31(43)37-13-7-22(8-14-37)38-15-6-21-4-1-2-5-26(21)35-30(38)42/h1-2,4-5,11,16-17,22-23,27,39-40H,6-9,12-15,18-19H2,(H,35,42)/t23-,27-/m1/s1. The number of nitrogens with zero attached hydrogens (tertiary/aromatic N) is 4. The van der Waals surface area contributed by atoms with Crippen molar-refractivity contribution in [3.63, 3.8) is 0 Å². The molecule has 232 valence electrons. The second kappa shape index (κ2) is 14.5. The van der Waals surface area contributed by atoms with Gasteiger partial charge in [-0.15, -0.1) is 0 Å². The van der Waals surface area contributed by atoms with Gasteiger partial charge < -0.3 is 35.0 Å². The first-order valence-electron chi connectivity index (χ1n) is 14.5. The van der Waals surface area contributed by atoms with E-state index in [1.54, 1.807) is 23.2 Å². The van der Waals surface area contributed by atoms with Gasteiger partial charge in [0.25, 0.3) is 5.91 Å². The van der Waals surface area contributed by atoms with Crippen LogP contribution in [0.5, 0.6) is 5.75 Å². The molecule has 0 aromatic heterocycles. The van der Waals surface area contributed by atoms with Crippen LogP contribution in [0.1, 0.15) is 30.4 Å². The Labute approximate surface area is 272 Å². The van der Waals surface area contributed by atoms with Crippen molar-refractivity contribution in [2.24, 2.45) is 4.99 Å². The fraction of sp³-hybridized carbons (Fsp3) is 0.419. The van der Waals surface area contributed by atoms with E-state index >= 15 is 0 Å². The number of piperidine rings is 1. The first-order chi connectivity index (χ1) is 21.2. The van der Waals surface area contributed by atoms with Gasteiger partial charge in [-0.2, -0.15) is 4.99 Å². The van der Waals surface area contributed by atoms with Crippen LogP contribution in [-0.4, -0.2) is 99.8 Å². The van der Waals surface area contributed by atoms with Crippen LogP contribution in [0.4, 0.5) is 15.3 Å². The number of amides is 4.